The predicted octanol–water partition coefficient (Wildman–Crippen LogP) is -9.42. The van der Waals surface area contributed by atoms with Crippen LogP contribution in [0, 0.1) is 5.41 Å². The number of carboxylic acids is 1. The second-order valence-corrected chi connectivity index (χ2v) is 15.3. The van der Waals surface area contributed by atoms with Gasteiger partial charge < -0.3 is 84.2 Å². The zero-order chi connectivity index (χ0) is 49.0. The molecule has 30 heteroatoms. The van der Waals surface area contributed by atoms with E-state index in [1.54, 1.807) is 0 Å². The minimum absolute atomic E-state index is 0.0459. The molecule has 2 aliphatic rings. The third kappa shape index (κ3) is 17.5. The van der Waals surface area contributed by atoms with Crippen LogP contribution >= 0.6 is 25.3 Å². The van der Waals surface area contributed by atoms with E-state index in [0.29, 0.717) is 0 Å². The number of rotatable bonds is 11. The van der Waals surface area contributed by atoms with Gasteiger partial charge in [0.15, 0.2) is 5.96 Å². The zero-order valence-electron chi connectivity index (χ0n) is 35.1. The number of aliphatic carboxylic acids is 1. The molecule has 2 aliphatic heterocycles. The van der Waals surface area contributed by atoms with E-state index in [2.05, 4.69) is 78.4 Å². The Labute approximate surface area is 382 Å². The van der Waals surface area contributed by atoms with Crippen molar-refractivity contribution in [3.8, 4) is 0 Å². The highest BCUT2D eigenvalue weighted by atomic mass is 32.1. The van der Waals surface area contributed by atoms with Gasteiger partial charge in [0, 0.05) is 24.6 Å². The fourth-order valence-corrected chi connectivity index (χ4v) is 6.73. The van der Waals surface area contributed by atoms with Crippen molar-refractivity contribution in [1.29, 1.82) is 5.41 Å². The Morgan fingerprint density at radius 3 is 1.66 bits per heavy atom. The third-order valence-electron chi connectivity index (χ3n) is 9.72. The highest BCUT2D eigenvalue weighted by Crippen LogP contribution is 2.19. The van der Waals surface area contributed by atoms with Gasteiger partial charge in [-0.25, -0.2) is 0 Å². The number of nitrogens with zero attached hydrogens (tertiary/aromatic N) is 1. The molecule has 65 heavy (non-hydrogen) atoms. The lowest BCUT2D eigenvalue weighted by molar-refractivity contribution is -0.144. The second-order valence-electron chi connectivity index (χ2n) is 14.6. The summed E-state index contributed by atoms with van der Waals surface area (Å²) < 4.78 is 0. The lowest BCUT2D eigenvalue weighted by atomic mass is 10.1. The number of aliphatic hydroxyl groups is 3. The Balaban J connectivity index is 2.51. The molecule has 2 heterocycles. The van der Waals surface area contributed by atoms with Crippen molar-refractivity contribution in [2.75, 3.05) is 51.0 Å². The average Bonchev–Trinajstić information content (AvgIpc) is 3.76. The van der Waals surface area contributed by atoms with Crippen molar-refractivity contribution in [3.05, 3.63) is 0 Å². The van der Waals surface area contributed by atoms with Gasteiger partial charge in [-0.2, -0.15) is 25.3 Å². The number of hydrogen-bond donors (Lipinski definition) is 18. The number of carbonyl (C=O) groups excluding carboxylic acids is 10. The Kier molecular flexibility index (Phi) is 23.2. The summed E-state index contributed by atoms with van der Waals surface area (Å²) in [6.45, 7) is -2.85. The Hall–Kier alpha value is -5.98. The van der Waals surface area contributed by atoms with Crippen LogP contribution in [0.3, 0.4) is 0 Å². The fraction of sp³-hybridized carbons (Fsp3) is 0.657. The van der Waals surface area contributed by atoms with Crippen LogP contribution in [0.2, 0.25) is 0 Å². The predicted molar refractivity (Wildman–Crippen MR) is 229 cm³/mol. The normalized spacial score (nSPS) is 27.8. The van der Waals surface area contributed by atoms with Gasteiger partial charge >= 0.3 is 5.97 Å². The van der Waals surface area contributed by atoms with E-state index in [9.17, 15) is 73.2 Å². The summed E-state index contributed by atoms with van der Waals surface area (Å²) in [4.78, 5) is 145. The number of thiol groups is 2. The molecule has 0 aromatic rings. The van der Waals surface area contributed by atoms with E-state index in [4.69, 9.17) is 11.1 Å². The van der Waals surface area contributed by atoms with Crippen molar-refractivity contribution >= 4 is 96.3 Å². The van der Waals surface area contributed by atoms with Gasteiger partial charge in [-0.3, -0.25) is 58.1 Å². The highest BCUT2D eigenvalue weighted by Gasteiger charge is 2.40. The summed E-state index contributed by atoms with van der Waals surface area (Å²) in [6.07, 6.45) is -0.794. The van der Waals surface area contributed by atoms with Crippen LogP contribution in [0.5, 0.6) is 0 Å². The maximum Gasteiger partial charge on any atom is 0.305 e. The van der Waals surface area contributed by atoms with E-state index in [1.807, 2.05) is 0 Å². The minimum atomic E-state index is -1.88. The molecule has 0 radical (unpaired) electrons. The first-order chi connectivity index (χ1) is 30.7. The standard InChI is InChI=1S/C35H57N13O15S2/c1-15-26(55)43-18(10-49)29(58)44-19(11-50)30(59)46-22(14-65)32(61)47-21(13-64)31(60)42-16(4-2-6-38-35(36)37)27(56)39-9-24(52)41-17(8-25(53)54)28(57)45-20(12-51)34(63)48-7-3-5-23(48)33(62)40-15/h15-23,49-51,64-65H,2-14H2,1H3,(H,39,56)(H,40,62)(H,41,52)(H,42,60)(H,43,55)(H,44,58)(H,45,57)(H,46,59)(H,47,61)(H,53,54)(H4,36,37,38)/t15-,16-,17-,18-,19-,20-,21-,22-,23-/m0/s1. The SMILES string of the molecule is C[C@@H]1NC(=O)[C@@H]2CCCN2C(=O)[C@H](CO)NC(=O)[C@H](CC(=O)O)NC(=O)CNC(=O)[C@H](CCCNC(=N)N)NC(=O)[C@H](CS)NC(=O)[C@H](CS)NC(=O)[C@H](CO)NC(=O)[C@H](CO)NC1=O. The third-order valence-corrected chi connectivity index (χ3v) is 10.5. The van der Waals surface area contributed by atoms with E-state index in [0.717, 1.165) is 4.90 Å². The molecule has 0 aliphatic carbocycles. The van der Waals surface area contributed by atoms with Gasteiger partial charge in [0.25, 0.3) is 0 Å². The highest BCUT2D eigenvalue weighted by molar-refractivity contribution is 7.80. The van der Waals surface area contributed by atoms with Gasteiger partial charge in [-0.1, -0.05) is 0 Å². The summed E-state index contributed by atoms with van der Waals surface area (Å²) in [5.41, 5.74) is 5.30. The van der Waals surface area contributed by atoms with Gasteiger partial charge in [0.05, 0.1) is 32.8 Å². The summed E-state index contributed by atoms with van der Waals surface area (Å²) in [7, 11) is 0. The summed E-state index contributed by atoms with van der Waals surface area (Å²) in [5.74, 6) is -13.3. The maximum atomic E-state index is 13.6. The lowest BCUT2D eigenvalue weighted by Crippen LogP contribution is -2.62. The monoisotopic (exact) mass is 963 g/mol. The van der Waals surface area contributed by atoms with Crippen LogP contribution in [0.15, 0.2) is 0 Å². The van der Waals surface area contributed by atoms with E-state index in [-0.39, 0.29) is 44.5 Å². The lowest BCUT2D eigenvalue weighted by Gasteiger charge is -2.29. The molecule has 28 nitrogen and oxygen atoms in total. The largest absolute Gasteiger partial charge is 0.481 e. The van der Waals surface area contributed by atoms with Crippen LogP contribution < -0.4 is 58.9 Å². The molecule has 0 unspecified atom stereocenters. The Morgan fingerprint density at radius 1 is 0.677 bits per heavy atom. The number of nitrogens with one attached hydrogen (secondary N) is 11. The quantitative estimate of drug-likeness (QED) is 0.0396. The number of carbonyl (C=O) groups is 11. The Bertz CT molecular complexity index is 1800. The molecule has 0 spiro atoms. The van der Waals surface area contributed by atoms with Crippen LogP contribution in [0.4, 0.5) is 0 Å². The zero-order valence-corrected chi connectivity index (χ0v) is 36.9. The van der Waals surface area contributed by atoms with Crippen LogP contribution in [-0.2, 0) is 52.7 Å². The first-order valence-electron chi connectivity index (χ1n) is 20.1. The first kappa shape index (κ1) is 55.2. The molecule has 2 saturated heterocycles. The summed E-state index contributed by atoms with van der Waals surface area (Å²) >= 11 is 8.16. The number of hydrogen-bond acceptors (Lipinski definition) is 17. The summed E-state index contributed by atoms with van der Waals surface area (Å²) in [6, 6.07) is -14.3. The second kappa shape index (κ2) is 27.4. The molecule has 0 bridgehead atoms. The molecule has 0 aromatic heterocycles. The molecule has 2 rings (SSSR count). The molecule has 364 valence electrons. The van der Waals surface area contributed by atoms with Gasteiger partial charge in [-0.15, -0.1) is 0 Å². The number of aliphatic hydroxyl groups excluding tert-OH is 3. The van der Waals surface area contributed by atoms with Gasteiger partial charge in [0.2, 0.25) is 59.1 Å². The molecule has 0 saturated carbocycles. The minimum Gasteiger partial charge on any atom is -0.481 e. The van der Waals surface area contributed by atoms with E-state index >= 15 is 0 Å². The molecule has 2 fully saturated rings. The first-order valence-corrected chi connectivity index (χ1v) is 21.3. The molecule has 10 amide bonds. The molecule has 17 N–H and O–H groups in total. The van der Waals surface area contributed by atoms with Crippen molar-refractivity contribution in [1.82, 2.24) is 58.1 Å². The number of carboxylic acid groups (broad SMARTS) is 1. The topological polar surface area (TPSA) is 442 Å². The number of fused-ring (bicyclic) bond motifs is 1. The maximum absolute atomic E-state index is 13.6. The molecular formula is C35H57N13O15S2. The van der Waals surface area contributed by atoms with Crippen LogP contribution in [0.1, 0.15) is 39.0 Å². The average molecular weight is 964 g/mol. The van der Waals surface area contributed by atoms with Gasteiger partial charge in [0.1, 0.15) is 54.4 Å². The van der Waals surface area contributed by atoms with E-state index < -0.39 is 164 Å². The van der Waals surface area contributed by atoms with E-state index in [1.165, 1.54) is 6.92 Å². The van der Waals surface area contributed by atoms with Crippen molar-refractivity contribution in [3.63, 3.8) is 0 Å². The molecular weight excluding hydrogens is 907 g/mol. The van der Waals surface area contributed by atoms with Crippen LogP contribution in [-0.4, -0.2) is 202 Å². The number of guanidine groups is 1. The smallest absolute Gasteiger partial charge is 0.305 e. The Morgan fingerprint density at radius 2 is 1.15 bits per heavy atom. The molecule has 9 atom stereocenters. The van der Waals surface area contributed by atoms with Crippen molar-refractivity contribution in [2.45, 2.75) is 93.4 Å². The van der Waals surface area contributed by atoms with Gasteiger partial charge in [-0.05, 0) is 32.6 Å². The fourth-order valence-electron chi connectivity index (χ4n) is 6.22. The van der Waals surface area contributed by atoms with Crippen molar-refractivity contribution in [2.24, 2.45) is 5.73 Å². The summed E-state index contributed by atoms with van der Waals surface area (Å²) in [5, 5.41) is 69.5. The molecule has 0 aromatic carbocycles. The number of nitrogens with two attached hydrogens (primary N) is 1. The number of amides is 10. The van der Waals surface area contributed by atoms with Crippen molar-refractivity contribution < 1.29 is 73.2 Å². The van der Waals surface area contributed by atoms with Crippen LogP contribution in [0.25, 0.3) is 0 Å².